The van der Waals surface area contributed by atoms with Gasteiger partial charge in [0.05, 0.1) is 11.0 Å². The number of rotatable bonds is 7. The van der Waals surface area contributed by atoms with Crippen LogP contribution >= 0.6 is 11.3 Å². The van der Waals surface area contributed by atoms with Crippen molar-refractivity contribution >= 4 is 38.9 Å². The number of carbonyl (C=O) groups excluding carboxylic acids is 2. The Morgan fingerprint density at radius 1 is 1.05 bits per heavy atom. The van der Waals surface area contributed by atoms with Crippen LogP contribution in [0.15, 0.2) is 72.4 Å². The third-order valence-corrected chi connectivity index (χ3v) is 8.02. The molecule has 5 rings (SSSR count). The lowest BCUT2D eigenvalue weighted by Crippen LogP contribution is -2.35. The molecular formula is C30H32N4O2S. The minimum Gasteiger partial charge on any atom is -0.345 e. The molecule has 1 fully saturated rings. The first-order chi connectivity index (χ1) is 18.0. The topological polar surface area (TPSA) is 74.3 Å². The largest absolute Gasteiger partial charge is 0.345 e. The number of anilines is 1. The molecule has 3 heterocycles. The van der Waals surface area contributed by atoms with Gasteiger partial charge in [-0.2, -0.15) is 0 Å². The number of carbonyl (C=O) groups is 2. The summed E-state index contributed by atoms with van der Waals surface area (Å²) in [5.41, 5.74) is 3.83. The minimum atomic E-state index is -0.108. The van der Waals surface area contributed by atoms with Crippen LogP contribution in [0.3, 0.4) is 0 Å². The van der Waals surface area contributed by atoms with Gasteiger partial charge in [-0.05, 0) is 91.8 Å². The number of pyridine rings is 1. The quantitative estimate of drug-likeness (QED) is 0.313. The Labute approximate surface area is 221 Å². The van der Waals surface area contributed by atoms with Crippen LogP contribution in [0.5, 0.6) is 0 Å². The first-order valence-corrected chi connectivity index (χ1v) is 13.7. The van der Waals surface area contributed by atoms with Crippen molar-refractivity contribution in [3.8, 4) is 11.1 Å². The van der Waals surface area contributed by atoms with Gasteiger partial charge in [-0.25, -0.2) is 0 Å². The zero-order valence-electron chi connectivity index (χ0n) is 21.2. The number of thiophene rings is 1. The molecule has 7 heteroatoms. The fourth-order valence-electron chi connectivity index (χ4n) is 4.87. The Hall–Kier alpha value is -3.55. The number of amides is 2. The number of likely N-dealkylation sites (tertiary alicyclic amines) is 1. The van der Waals surface area contributed by atoms with Crippen molar-refractivity contribution < 1.29 is 9.59 Å². The molecule has 37 heavy (non-hydrogen) atoms. The maximum absolute atomic E-state index is 13.1. The highest BCUT2D eigenvalue weighted by atomic mass is 32.1. The summed E-state index contributed by atoms with van der Waals surface area (Å²) in [5, 5.41) is 11.3. The fraction of sp³-hybridized carbons (Fsp3) is 0.300. The van der Waals surface area contributed by atoms with Crippen molar-refractivity contribution in [2.75, 3.05) is 25.5 Å². The molecule has 2 N–H and O–H groups in total. The van der Waals surface area contributed by atoms with E-state index in [1.54, 1.807) is 23.7 Å². The van der Waals surface area contributed by atoms with E-state index in [0.29, 0.717) is 5.56 Å². The Morgan fingerprint density at radius 2 is 1.89 bits per heavy atom. The van der Waals surface area contributed by atoms with Crippen molar-refractivity contribution in [3.05, 3.63) is 83.5 Å². The van der Waals surface area contributed by atoms with Gasteiger partial charge in [0.25, 0.3) is 5.91 Å². The van der Waals surface area contributed by atoms with Gasteiger partial charge in [-0.3, -0.25) is 14.6 Å². The second kappa shape index (κ2) is 11.2. The third-order valence-electron chi connectivity index (χ3n) is 7.17. The number of aromatic nitrogens is 1. The molecular weight excluding hydrogens is 480 g/mol. The summed E-state index contributed by atoms with van der Waals surface area (Å²) in [5.74, 6) is 0.109. The van der Waals surface area contributed by atoms with Crippen LogP contribution in [0.2, 0.25) is 0 Å². The van der Waals surface area contributed by atoms with Crippen LogP contribution in [-0.2, 0) is 4.79 Å². The van der Waals surface area contributed by atoms with E-state index in [1.165, 1.54) is 0 Å². The second-order valence-electron chi connectivity index (χ2n) is 9.76. The first kappa shape index (κ1) is 25.1. The lowest BCUT2D eigenvalue weighted by molar-refractivity contribution is -0.121. The molecule has 0 bridgehead atoms. The van der Waals surface area contributed by atoms with Crippen LogP contribution in [0.25, 0.3) is 21.9 Å². The average Bonchev–Trinajstić information content (AvgIpc) is 3.40. The Morgan fingerprint density at radius 3 is 2.70 bits per heavy atom. The molecule has 0 radical (unpaired) electrons. The zero-order valence-corrected chi connectivity index (χ0v) is 22.1. The van der Waals surface area contributed by atoms with Gasteiger partial charge in [0, 0.05) is 34.6 Å². The van der Waals surface area contributed by atoms with Gasteiger partial charge in [0.15, 0.2) is 0 Å². The number of hydrogen-bond acceptors (Lipinski definition) is 5. The molecule has 0 aliphatic carbocycles. The first-order valence-electron chi connectivity index (χ1n) is 12.8. The van der Waals surface area contributed by atoms with E-state index < -0.39 is 0 Å². The molecule has 2 aromatic heterocycles. The summed E-state index contributed by atoms with van der Waals surface area (Å²) < 4.78 is 0. The summed E-state index contributed by atoms with van der Waals surface area (Å²) >= 11 is 1.55. The van der Waals surface area contributed by atoms with E-state index in [2.05, 4.69) is 58.1 Å². The van der Waals surface area contributed by atoms with E-state index in [-0.39, 0.29) is 23.8 Å². The van der Waals surface area contributed by atoms with Gasteiger partial charge in [0.2, 0.25) is 5.91 Å². The smallest absolute Gasteiger partial charge is 0.251 e. The second-order valence-corrected chi connectivity index (χ2v) is 10.7. The molecule has 2 amide bonds. The van der Waals surface area contributed by atoms with Crippen molar-refractivity contribution in [2.24, 2.45) is 5.92 Å². The predicted octanol–water partition coefficient (Wildman–Crippen LogP) is 6.12. The highest BCUT2D eigenvalue weighted by Crippen LogP contribution is 2.32. The number of benzene rings is 2. The molecule has 2 aromatic carbocycles. The van der Waals surface area contributed by atoms with Crippen molar-refractivity contribution in [2.45, 2.75) is 32.2 Å². The lowest BCUT2D eigenvalue weighted by atomic mass is 9.96. The van der Waals surface area contributed by atoms with E-state index >= 15 is 0 Å². The molecule has 1 unspecified atom stereocenters. The van der Waals surface area contributed by atoms with Crippen molar-refractivity contribution in [1.82, 2.24) is 15.2 Å². The number of piperidine rings is 1. The molecule has 1 aliphatic heterocycles. The maximum Gasteiger partial charge on any atom is 0.251 e. The minimum absolute atomic E-state index is 0.0817. The maximum atomic E-state index is 13.1. The molecule has 1 aliphatic rings. The standard InChI is InChI=1S/C30H32N4O2S/c1-3-27(32-30(36)24-7-8-25-18-31-12-9-22(25)16-24)23-6-4-5-21(15-23)26-17-28(37-19-26)33-29(35)20-10-13-34(2)14-11-20/h4-9,12,15-20,27H,3,10-11,13-14H2,1-2H3,(H,32,36)(H,33,35). The SMILES string of the molecule is CCC(NC(=O)c1ccc2cnccc2c1)c1cccc(-c2csc(NC(=O)C3CCN(C)CC3)c2)c1. The molecule has 1 atom stereocenters. The van der Waals surface area contributed by atoms with Crippen LogP contribution < -0.4 is 10.6 Å². The van der Waals surface area contributed by atoms with Gasteiger partial charge < -0.3 is 15.5 Å². The number of fused-ring (bicyclic) bond motifs is 1. The normalized spacial score (nSPS) is 15.4. The summed E-state index contributed by atoms with van der Waals surface area (Å²) in [6.45, 7) is 4.01. The third kappa shape index (κ3) is 5.89. The van der Waals surface area contributed by atoms with Gasteiger partial charge in [-0.15, -0.1) is 11.3 Å². The summed E-state index contributed by atoms with van der Waals surface area (Å²) in [7, 11) is 2.10. The molecule has 0 saturated carbocycles. The molecule has 1 saturated heterocycles. The van der Waals surface area contributed by atoms with Crippen LogP contribution in [0, 0.1) is 5.92 Å². The molecule has 4 aromatic rings. The summed E-state index contributed by atoms with van der Waals surface area (Å²) in [6, 6.07) is 17.8. The highest BCUT2D eigenvalue weighted by Gasteiger charge is 2.24. The molecule has 0 spiro atoms. The van der Waals surface area contributed by atoms with Gasteiger partial charge in [0.1, 0.15) is 0 Å². The predicted molar refractivity (Wildman–Crippen MR) is 151 cm³/mol. The summed E-state index contributed by atoms with van der Waals surface area (Å²) in [4.78, 5) is 32.2. The van der Waals surface area contributed by atoms with Crippen LogP contribution in [0.4, 0.5) is 5.00 Å². The Kier molecular flexibility index (Phi) is 7.63. The van der Waals surface area contributed by atoms with E-state index in [0.717, 1.165) is 64.8 Å². The van der Waals surface area contributed by atoms with Gasteiger partial charge in [-0.1, -0.05) is 31.2 Å². The Bertz CT molecular complexity index is 1410. The van der Waals surface area contributed by atoms with E-state index in [1.807, 2.05) is 36.4 Å². The summed E-state index contributed by atoms with van der Waals surface area (Å²) in [6.07, 6.45) is 6.12. The van der Waals surface area contributed by atoms with E-state index in [9.17, 15) is 9.59 Å². The molecule has 190 valence electrons. The van der Waals surface area contributed by atoms with Crippen LogP contribution in [0.1, 0.15) is 48.1 Å². The van der Waals surface area contributed by atoms with Gasteiger partial charge >= 0.3 is 0 Å². The fourth-order valence-corrected chi connectivity index (χ4v) is 5.68. The number of hydrogen-bond donors (Lipinski definition) is 2. The van der Waals surface area contributed by atoms with Crippen molar-refractivity contribution in [1.29, 1.82) is 0 Å². The van der Waals surface area contributed by atoms with Crippen molar-refractivity contribution in [3.63, 3.8) is 0 Å². The molecule has 6 nitrogen and oxygen atoms in total. The number of nitrogens with zero attached hydrogens (tertiary/aromatic N) is 2. The number of nitrogens with one attached hydrogen (secondary N) is 2. The average molecular weight is 513 g/mol. The Balaban J connectivity index is 1.27. The van der Waals surface area contributed by atoms with Crippen LogP contribution in [-0.4, -0.2) is 41.8 Å². The van der Waals surface area contributed by atoms with E-state index in [4.69, 9.17) is 0 Å². The lowest BCUT2D eigenvalue weighted by Gasteiger charge is -2.27. The monoisotopic (exact) mass is 512 g/mol. The zero-order chi connectivity index (χ0) is 25.8. The highest BCUT2D eigenvalue weighted by molar-refractivity contribution is 7.14.